The number of aryl methyl sites for hydroxylation is 3. The fourth-order valence-corrected chi connectivity index (χ4v) is 11.1. The Bertz CT molecular complexity index is 4280. The van der Waals surface area contributed by atoms with Crippen LogP contribution in [0, 0.1) is 26.7 Å². The molecule has 6 aromatic carbocycles. The number of rotatable bonds is 17. The maximum atomic E-state index is 13.0. The van der Waals surface area contributed by atoms with Crippen molar-refractivity contribution in [2.24, 2.45) is 11.7 Å². The topological polar surface area (TPSA) is 290 Å². The summed E-state index contributed by atoms with van der Waals surface area (Å²) in [5, 5.41) is 11.5. The van der Waals surface area contributed by atoms with Crippen LogP contribution >= 0.6 is 0 Å². The second-order valence-corrected chi connectivity index (χ2v) is 23.5. The number of piperidine rings is 2. The summed E-state index contributed by atoms with van der Waals surface area (Å²) in [6, 6.07) is 49.1. The number of primary amides is 1. The zero-order chi connectivity index (χ0) is 67.5. The van der Waals surface area contributed by atoms with Gasteiger partial charge in [0.2, 0.25) is 5.91 Å². The van der Waals surface area contributed by atoms with Crippen LogP contribution in [-0.2, 0) is 9.53 Å². The SMILES string of the molecule is COC1CN(C(=O)c2cccc(-c3cnc(C)c(C(=O)Nc4ccccc4)n3)c2)C1.Cc1ncc(-c2cccc(C(=O)N3CCC(C(N)=O)CC3)c2)nc1C(=O)Nc1ccccc1.Cc1ncc(-c2cccc(C(=O)NCCN3CCCCC3)c2)nc1C(=O)Nc1ccccc1.[HH].[HH].[HH].[HH].[HH].[HH].[HH].[HH].[HH]. The number of carbonyl (C=O) groups is 7. The standard InChI is InChI=1S/C26H29N5O2.C25H25N5O3.C23H22N4O3.9H2/c1-19-24(26(33)29-22-11-4-2-5-12-22)30-23(18-28-19)20-9-8-10-21(17-20)25(32)27-13-16-31-14-6-3-7-15-31;1-16-22(24(32)28-20-8-3-2-4-9-20)29-21(15-27-16)18-6-5-7-19(14-18)25(33)30-12-10-17(11-13-30)23(26)31;1-15-21(22(28)25-18-9-4-3-5-10-18)26-20(12-24-15)16-7-6-8-17(11-16)23(29)27-13-19(14-27)30-2;;;;;;;;;/h2,4-5,8-12,17-18H,3,6-7,13-16H2,1H3,(H,27,32)(H,29,33);2-9,14-15,17H,10-13H2,1H3,(H2,26,31)(H,28,32);3-12,19H,13-14H2,1-2H3,(H,25,28);9*1H. The number of hydrogen-bond donors (Lipinski definition) is 5. The Morgan fingerprint density at radius 1 is 0.479 bits per heavy atom. The maximum absolute atomic E-state index is 13.0. The van der Waals surface area contributed by atoms with E-state index in [-0.39, 0.29) is 83.3 Å². The fourth-order valence-electron chi connectivity index (χ4n) is 11.1. The van der Waals surface area contributed by atoms with Crippen molar-refractivity contribution in [1.29, 1.82) is 0 Å². The Morgan fingerprint density at radius 2 is 0.865 bits per heavy atom. The molecule has 508 valence electrons. The van der Waals surface area contributed by atoms with E-state index in [1.165, 1.54) is 19.3 Å². The molecule has 9 aromatic rings. The highest BCUT2D eigenvalue weighted by Gasteiger charge is 2.32. The number of nitrogens with two attached hydrogens (primary N) is 1. The number of ether oxygens (including phenoxy) is 1. The van der Waals surface area contributed by atoms with Crippen molar-refractivity contribution < 1.29 is 51.1 Å². The third-order valence-electron chi connectivity index (χ3n) is 16.7. The molecule has 3 aromatic heterocycles. The first kappa shape index (κ1) is 67.7. The van der Waals surface area contributed by atoms with Crippen molar-refractivity contribution >= 4 is 58.4 Å². The highest BCUT2D eigenvalue weighted by atomic mass is 16.5. The molecule has 0 atom stereocenters. The van der Waals surface area contributed by atoms with Crippen LogP contribution in [0.15, 0.2) is 182 Å². The van der Waals surface area contributed by atoms with Crippen LogP contribution in [0.1, 0.15) is 125 Å². The van der Waals surface area contributed by atoms with Gasteiger partial charge in [-0.25, -0.2) is 15.0 Å². The van der Waals surface area contributed by atoms with E-state index in [0.717, 1.165) is 30.8 Å². The van der Waals surface area contributed by atoms with E-state index in [2.05, 4.69) is 56.1 Å². The number of anilines is 3. The van der Waals surface area contributed by atoms with E-state index in [1.54, 1.807) is 117 Å². The van der Waals surface area contributed by atoms with Gasteiger partial charge in [0.1, 0.15) is 17.1 Å². The van der Waals surface area contributed by atoms with Crippen LogP contribution in [0.3, 0.4) is 0 Å². The molecule has 96 heavy (non-hydrogen) atoms. The number of methoxy groups -OCH3 is 1. The summed E-state index contributed by atoms with van der Waals surface area (Å²) in [5.41, 5.74) is 15.1. The summed E-state index contributed by atoms with van der Waals surface area (Å²) >= 11 is 0. The Morgan fingerprint density at radius 3 is 1.26 bits per heavy atom. The Balaban J connectivity index is 0.000000756. The van der Waals surface area contributed by atoms with Gasteiger partial charge in [-0.15, -0.1) is 0 Å². The molecular formula is C74H94N14O8. The highest BCUT2D eigenvalue weighted by molar-refractivity contribution is 6.06. The molecule has 22 nitrogen and oxygen atoms in total. The Hall–Kier alpha value is -11.2. The maximum Gasteiger partial charge on any atom is 0.276 e. The zero-order valence-electron chi connectivity index (χ0n) is 54.0. The highest BCUT2D eigenvalue weighted by Crippen LogP contribution is 2.26. The number of nitrogens with one attached hydrogen (secondary N) is 4. The van der Waals surface area contributed by atoms with Gasteiger partial charge in [-0.1, -0.05) is 97.4 Å². The van der Waals surface area contributed by atoms with Gasteiger partial charge >= 0.3 is 0 Å². The molecule has 0 saturated carbocycles. The van der Waals surface area contributed by atoms with E-state index >= 15 is 0 Å². The van der Waals surface area contributed by atoms with E-state index in [0.29, 0.717) is 119 Å². The molecular weight excluding hydrogens is 1210 g/mol. The molecule has 0 radical (unpaired) electrons. The predicted octanol–water partition coefficient (Wildman–Crippen LogP) is 12.4. The van der Waals surface area contributed by atoms with Gasteiger partial charge in [-0.2, -0.15) is 0 Å². The number of benzene rings is 6. The minimum absolute atomic E-state index is 0. The minimum atomic E-state index is -0.349. The van der Waals surface area contributed by atoms with Crippen LogP contribution in [0.25, 0.3) is 33.8 Å². The van der Waals surface area contributed by atoms with Crippen LogP contribution < -0.4 is 27.0 Å². The van der Waals surface area contributed by atoms with Gasteiger partial charge in [-0.3, -0.25) is 48.5 Å². The summed E-state index contributed by atoms with van der Waals surface area (Å²) in [4.78, 5) is 120. The van der Waals surface area contributed by atoms with Crippen molar-refractivity contribution in [2.75, 3.05) is 75.4 Å². The molecule has 3 fully saturated rings. The first-order valence-electron chi connectivity index (χ1n) is 31.9. The quantitative estimate of drug-likeness (QED) is 0.0566. The summed E-state index contributed by atoms with van der Waals surface area (Å²) in [6.07, 6.45) is 9.85. The average Bonchev–Trinajstić information content (AvgIpc) is 0.814. The summed E-state index contributed by atoms with van der Waals surface area (Å²) in [7, 11) is 1.65. The number of nitrogens with zero attached hydrogens (tertiary/aromatic N) is 9. The Labute approximate surface area is 570 Å². The summed E-state index contributed by atoms with van der Waals surface area (Å²) < 4.78 is 5.23. The molecule has 7 amide bonds. The fraction of sp³-hybridized carbons (Fsp3) is 0.257. The largest absolute Gasteiger partial charge is 0.378 e. The number of amides is 7. The molecule has 0 unspecified atom stereocenters. The summed E-state index contributed by atoms with van der Waals surface area (Å²) in [5.74, 6) is -1.76. The van der Waals surface area contributed by atoms with Gasteiger partial charge < -0.3 is 46.4 Å². The molecule has 0 spiro atoms. The number of hydrogen-bond acceptors (Lipinski definition) is 15. The van der Waals surface area contributed by atoms with Gasteiger partial charge in [0.15, 0.2) is 0 Å². The third-order valence-corrected chi connectivity index (χ3v) is 16.7. The van der Waals surface area contributed by atoms with Crippen molar-refractivity contribution in [1.82, 2.24) is 49.9 Å². The van der Waals surface area contributed by atoms with Crippen molar-refractivity contribution in [3.8, 4) is 33.8 Å². The lowest BCUT2D eigenvalue weighted by Gasteiger charge is -2.38. The Kier molecular flexibility index (Phi) is 22.9. The molecule has 3 saturated heterocycles. The van der Waals surface area contributed by atoms with Gasteiger partial charge in [0.05, 0.1) is 58.9 Å². The normalized spacial score (nSPS) is 13.9. The first-order valence-corrected chi connectivity index (χ1v) is 31.9. The van der Waals surface area contributed by atoms with E-state index in [1.807, 2.05) is 103 Å². The molecule has 3 aliphatic heterocycles. The molecule has 0 bridgehead atoms. The molecule has 0 aliphatic carbocycles. The van der Waals surface area contributed by atoms with E-state index in [9.17, 15) is 33.6 Å². The number of aromatic nitrogens is 6. The van der Waals surface area contributed by atoms with Crippen molar-refractivity contribution in [2.45, 2.75) is 59.0 Å². The molecule has 12 rings (SSSR count). The van der Waals surface area contributed by atoms with Gasteiger partial charge in [-0.05, 0) is 132 Å². The van der Waals surface area contributed by atoms with Gasteiger partial charge in [0.25, 0.3) is 35.4 Å². The number of likely N-dealkylation sites (tertiary alicyclic amines) is 3. The molecule has 6 N–H and O–H groups in total. The van der Waals surface area contributed by atoms with Crippen LogP contribution in [0.5, 0.6) is 0 Å². The van der Waals surface area contributed by atoms with E-state index < -0.39 is 0 Å². The molecule has 6 heterocycles. The average molecular weight is 1310 g/mol. The van der Waals surface area contributed by atoms with Crippen LogP contribution in [0.2, 0.25) is 0 Å². The lowest BCUT2D eigenvalue weighted by Crippen LogP contribution is -2.54. The van der Waals surface area contributed by atoms with Crippen LogP contribution in [0.4, 0.5) is 17.1 Å². The van der Waals surface area contributed by atoms with Crippen molar-refractivity contribution in [3.05, 3.63) is 233 Å². The lowest BCUT2D eigenvalue weighted by molar-refractivity contribution is -0.123. The second-order valence-electron chi connectivity index (χ2n) is 23.5. The lowest BCUT2D eigenvalue weighted by atomic mass is 9.95. The van der Waals surface area contributed by atoms with Gasteiger partial charge in [0, 0.05) is 116 Å². The monoisotopic (exact) mass is 1310 g/mol. The zero-order valence-corrected chi connectivity index (χ0v) is 54.0. The minimum Gasteiger partial charge on any atom is -0.378 e. The molecule has 22 heteroatoms. The first-order chi connectivity index (χ1) is 46.6. The summed E-state index contributed by atoms with van der Waals surface area (Å²) in [6.45, 7) is 11.1. The van der Waals surface area contributed by atoms with Crippen molar-refractivity contribution in [3.63, 3.8) is 0 Å². The van der Waals surface area contributed by atoms with E-state index in [4.69, 9.17) is 10.5 Å². The number of carbonyl (C=O) groups excluding carboxylic acids is 7. The molecule has 3 aliphatic rings. The smallest absolute Gasteiger partial charge is 0.276 e. The second kappa shape index (κ2) is 32.6. The predicted molar refractivity (Wildman–Crippen MR) is 386 cm³/mol. The third kappa shape index (κ3) is 17.9. The van der Waals surface area contributed by atoms with Crippen LogP contribution in [-0.4, -0.2) is 152 Å². The number of para-hydroxylation sites is 3.